The van der Waals surface area contributed by atoms with Gasteiger partial charge in [0.05, 0.1) is 0 Å². The summed E-state index contributed by atoms with van der Waals surface area (Å²) in [6, 6.07) is 15.5. The highest BCUT2D eigenvalue weighted by atomic mass is 14.8. The topological polar surface area (TPSA) is 12.4 Å². The van der Waals surface area contributed by atoms with Crippen LogP contribution in [-0.2, 0) is 6.42 Å². The Bertz CT molecular complexity index is 611. The standard InChI is InChI=1S/C15H11N/c1-2-7-13-10(4-1)8-11-5-3-6-12-9-16-15(13)14(11)12/h1-7,9,15H,8H2/t15-/m1/s1. The van der Waals surface area contributed by atoms with Gasteiger partial charge in [-0.15, -0.1) is 0 Å². The van der Waals surface area contributed by atoms with Crippen LogP contribution in [0.3, 0.4) is 0 Å². The van der Waals surface area contributed by atoms with Crippen molar-refractivity contribution in [2.24, 2.45) is 4.99 Å². The molecule has 1 nitrogen and oxygen atoms in total. The zero-order chi connectivity index (χ0) is 10.5. The lowest BCUT2D eigenvalue weighted by Crippen LogP contribution is -2.10. The Labute approximate surface area is 94.5 Å². The molecule has 2 aliphatic rings. The third-order valence-electron chi connectivity index (χ3n) is 3.60. The predicted octanol–water partition coefficient (Wildman–Crippen LogP) is 3.11. The van der Waals surface area contributed by atoms with Crippen molar-refractivity contribution in [3.05, 3.63) is 70.3 Å². The summed E-state index contributed by atoms with van der Waals surface area (Å²) in [5.74, 6) is 0. The van der Waals surface area contributed by atoms with Crippen molar-refractivity contribution in [2.75, 3.05) is 0 Å². The highest BCUT2D eigenvalue weighted by Crippen LogP contribution is 2.41. The van der Waals surface area contributed by atoms with Crippen molar-refractivity contribution in [3.8, 4) is 0 Å². The summed E-state index contributed by atoms with van der Waals surface area (Å²) in [4.78, 5) is 4.65. The number of hydrogen-bond donors (Lipinski definition) is 0. The smallest absolute Gasteiger partial charge is 0.101 e. The maximum absolute atomic E-state index is 4.65. The van der Waals surface area contributed by atoms with E-state index in [1.54, 1.807) is 0 Å². The minimum Gasteiger partial charge on any atom is -0.280 e. The van der Waals surface area contributed by atoms with Gasteiger partial charge in [0, 0.05) is 6.21 Å². The molecule has 1 aliphatic carbocycles. The van der Waals surface area contributed by atoms with Crippen LogP contribution in [0.15, 0.2) is 47.5 Å². The van der Waals surface area contributed by atoms with Crippen LogP contribution in [0.4, 0.5) is 0 Å². The molecule has 0 unspecified atom stereocenters. The lowest BCUT2D eigenvalue weighted by molar-refractivity contribution is 0.831. The lowest BCUT2D eigenvalue weighted by Gasteiger charge is -2.23. The van der Waals surface area contributed by atoms with Gasteiger partial charge in [-0.1, -0.05) is 42.5 Å². The van der Waals surface area contributed by atoms with Crippen molar-refractivity contribution >= 4 is 6.21 Å². The summed E-state index contributed by atoms with van der Waals surface area (Å²) in [6.07, 6.45) is 3.07. The maximum atomic E-state index is 4.65. The summed E-state index contributed by atoms with van der Waals surface area (Å²) < 4.78 is 0. The molecule has 0 aromatic heterocycles. The Morgan fingerprint density at radius 2 is 1.81 bits per heavy atom. The van der Waals surface area contributed by atoms with E-state index in [-0.39, 0.29) is 6.04 Å². The van der Waals surface area contributed by atoms with Gasteiger partial charge >= 0.3 is 0 Å². The largest absolute Gasteiger partial charge is 0.280 e. The van der Waals surface area contributed by atoms with Gasteiger partial charge in [0.25, 0.3) is 0 Å². The van der Waals surface area contributed by atoms with Gasteiger partial charge in [0.2, 0.25) is 0 Å². The molecular weight excluding hydrogens is 194 g/mol. The Hall–Kier alpha value is -1.89. The Kier molecular flexibility index (Phi) is 1.46. The van der Waals surface area contributed by atoms with Crippen LogP contribution in [0.2, 0.25) is 0 Å². The molecule has 2 aromatic rings. The van der Waals surface area contributed by atoms with Gasteiger partial charge in [-0.05, 0) is 34.2 Å². The quantitative estimate of drug-likeness (QED) is 0.626. The summed E-state index contributed by atoms with van der Waals surface area (Å²) in [7, 11) is 0. The molecule has 0 saturated heterocycles. The van der Waals surface area contributed by atoms with E-state index < -0.39 is 0 Å². The van der Waals surface area contributed by atoms with Crippen LogP contribution in [0.1, 0.15) is 33.9 Å². The van der Waals surface area contributed by atoms with E-state index in [4.69, 9.17) is 0 Å². The molecule has 2 aromatic carbocycles. The molecule has 0 saturated carbocycles. The second-order valence-electron chi connectivity index (χ2n) is 4.48. The third kappa shape index (κ3) is 0.929. The van der Waals surface area contributed by atoms with Gasteiger partial charge < -0.3 is 0 Å². The SMILES string of the molecule is C1=N[C@@H]2c3ccccc3Cc3cccc1c32. The molecule has 0 fully saturated rings. The molecule has 1 heteroatoms. The molecule has 1 aliphatic heterocycles. The summed E-state index contributed by atoms with van der Waals surface area (Å²) in [5, 5.41) is 0. The van der Waals surface area contributed by atoms with Crippen molar-refractivity contribution in [1.29, 1.82) is 0 Å². The second kappa shape index (κ2) is 2.82. The van der Waals surface area contributed by atoms with Crippen LogP contribution in [0.25, 0.3) is 0 Å². The Balaban J connectivity index is 2.04. The highest BCUT2D eigenvalue weighted by Gasteiger charge is 2.29. The van der Waals surface area contributed by atoms with E-state index in [2.05, 4.69) is 47.5 Å². The summed E-state index contributed by atoms with van der Waals surface area (Å²) >= 11 is 0. The fraction of sp³-hybridized carbons (Fsp3) is 0.133. The van der Waals surface area contributed by atoms with E-state index in [0.717, 1.165) is 6.42 Å². The first-order valence-corrected chi connectivity index (χ1v) is 5.66. The Morgan fingerprint density at radius 1 is 0.938 bits per heavy atom. The molecule has 4 rings (SSSR count). The van der Waals surface area contributed by atoms with Crippen LogP contribution in [0, 0.1) is 0 Å². The average Bonchev–Trinajstić information content (AvgIpc) is 2.76. The van der Waals surface area contributed by atoms with Crippen molar-refractivity contribution in [2.45, 2.75) is 12.5 Å². The minimum absolute atomic E-state index is 0.260. The van der Waals surface area contributed by atoms with Crippen molar-refractivity contribution in [3.63, 3.8) is 0 Å². The first-order chi connectivity index (χ1) is 7.93. The molecule has 0 N–H and O–H groups in total. The predicted molar refractivity (Wildman–Crippen MR) is 65.1 cm³/mol. The van der Waals surface area contributed by atoms with Gasteiger partial charge in [-0.2, -0.15) is 0 Å². The molecular formula is C15H11N. The zero-order valence-corrected chi connectivity index (χ0v) is 8.85. The number of aliphatic imine (C=N–C) groups is 1. The molecule has 0 amide bonds. The van der Waals surface area contributed by atoms with E-state index in [9.17, 15) is 0 Å². The fourth-order valence-corrected chi connectivity index (χ4v) is 2.87. The normalized spacial score (nSPS) is 19.4. The Morgan fingerprint density at radius 3 is 2.81 bits per heavy atom. The monoisotopic (exact) mass is 205 g/mol. The third-order valence-corrected chi connectivity index (χ3v) is 3.60. The van der Waals surface area contributed by atoms with Gasteiger partial charge in [0.15, 0.2) is 0 Å². The number of benzene rings is 2. The van der Waals surface area contributed by atoms with Gasteiger partial charge in [-0.3, -0.25) is 4.99 Å². The number of nitrogens with zero attached hydrogens (tertiary/aromatic N) is 1. The van der Waals surface area contributed by atoms with E-state index in [0.29, 0.717) is 0 Å². The summed E-state index contributed by atoms with van der Waals surface area (Å²) in [5.41, 5.74) is 6.99. The maximum Gasteiger partial charge on any atom is 0.101 e. The number of rotatable bonds is 0. The number of hydrogen-bond acceptors (Lipinski definition) is 1. The number of fused-ring (bicyclic) bond motifs is 2. The van der Waals surface area contributed by atoms with Gasteiger partial charge in [-0.25, -0.2) is 0 Å². The zero-order valence-electron chi connectivity index (χ0n) is 8.85. The molecule has 0 bridgehead atoms. The fourth-order valence-electron chi connectivity index (χ4n) is 2.87. The van der Waals surface area contributed by atoms with Crippen LogP contribution in [0.5, 0.6) is 0 Å². The van der Waals surface area contributed by atoms with E-state index in [1.807, 2.05) is 6.21 Å². The molecule has 1 heterocycles. The van der Waals surface area contributed by atoms with Gasteiger partial charge in [0.1, 0.15) is 6.04 Å². The van der Waals surface area contributed by atoms with Crippen LogP contribution in [-0.4, -0.2) is 6.21 Å². The average molecular weight is 205 g/mol. The van der Waals surface area contributed by atoms with Crippen molar-refractivity contribution in [1.82, 2.24) is 0 Å². The van der Waals surface area contributed by atoms with E-state index >= 15 is 0 Å². The first-order valence-electron chi connectivity index (χ1n) is 5.66. The van der Waals surface area contributed by atoms with Crippen LogP contribution < -0.4 is 0 Å². The molecule has 0 radical (unpaired) electrons. The molecule has 76 valence electrons. The first kappa shape index (κ1) is 8.28. The minimum atomic E-state index is 0.260. The second-order valence-corrected chi connectivity index (χ2v) is 4.48. The molecule has 16 heavy (non-hydrogen) atoms. The highest BCUT2D eigenvalue weighted by molar-refractivity contribution is 5.87. The molecule has 0 spiro atoms. The lowest BCUT2D eigenvalue weighted by atomic mass is 9.82. The molecule has 1 atom stereocenters. The van der Waals surface area contributed by atoms with Crippen molar-refractivity contribution < 1.29 is 0 Å². The summed E-state index contributed by atoms with van der Waals surface area (Å²) in [6.45, 7) is 0. The van der Waals surface area contributed by atoms with E-state index in [1.165, 1.54) is 27.8 Å². The van der Waals surface area contributed by atoms with Crippen LogP contribution >= 0.6 is 0 Å².